The third-order valence-corrected chi connectivity index (χ3v) is 10.2. The number of ketones is 1. The Morgan fingerprint density at radius 2 is 1.60 bits per heavy atom. The molecule has 2 atom stereocenters. The van der Waals surface area contributed by atoms with Gasteiger partial charge in [0.15, 0.2) is 11.6 Å². The summed E-state index contributed by atoms with van der Waals surface area (Å²) < 4.78 is 5.89. The second-order valence-corrected chi connectivity index (χ2v) is 13.7. The van der Waals surface area contributed by atoms with E-state index < -0.39 is 17.8 Å². The number of nitrogens with zero attached hydrogens (tertiary/aromatic N) is 3. The van der Waals surface area contributed by atoms with E-state index in [1.807, 2.05) is 80.0 Å². The number of hydrogen-bond donors (Lipinski definition) is 1. The van der Waals surface area contributed by atoms with Gasteiger partial charge in [0.05, 0.1) is 17.4 Å². The van der Waals surface area contributed by atoms with Gasteiger partial charge in [-0.15, -0.1) is 11.3 Å². The summed E-state index contributed by atoms with van der Waals surface area (Å²) in [6.07, 6.45) is 11.4. The smallest absolute Gasteiger partial charge is 0.308 e. The van der Waals surface area contributed by atoms with Gasteiger partial charge in [-0.2, -0.15) is 0 Å². The third kappa shape index (κ3) is 9.37. The van der Waals surface area contributed by atoms with Crippen molar-refractivity contribution >= 4 is 29.0 Å². The molecular weight excluding hydrogens is 623 g/mol. The van der Waals surface area contributed by atoms with Crippen LogP contribution >= 0.6 is 11.3 Å². The largest absolute Gasteiger partial charge is 0.494 e. The number of carboxylic acids is 1. The van der Waals surface area contributed by atoms with Crippen molar-refractivity contribution in [3.8, 4) is 28.3 Å². The molecule has 252 valence electrons. The van der Waals surface area contributed by atoms with Crippen LogP contribution in [0.25, 0.3) is 22.5 Å². The van der Waals surface area contributed by atoms with Gasteiger partial charge in [-0.05, 0) is 61.1 Å². The minimum atomic E-state index is -0.888. The molecule has 2 aromatic heterocycles. The zero-order valence-corrected chi connectivity index (χ0v) is 28.7. The van der Waals surface area contributed by atoms with Gasteiger partial charge in [-0.3, -0.25) is 14.4 Å². The fourth-order valence-electron chi connectivity index (χ4n) is 6.05. The van der Waals surface area contributed by atoms with Gasteiger partial charge in [0.1, 0.15) is 5.75 Å². The summed E-state index contributed by atoms with van der Waals surface area (Å²) in [7, 11) is 0. The van der Waals surface area contributed by atoms with Crippen LogP contribution in [0, 0.1) is 11.8 Å². The van der Waals surface area contributed by atoms with Gasteiger partial charge in [-0.1, -0.05) is 75.9 Å². The van der Waals surface area contributed by atoms with Crippen molar-refractivity contribution in [1.29, 1.82) is 0 Å². The van der Waals surface area contributed by atoms with Crippen LogP contribution < -0.4 is 4.74 Å². The molecule has 1 amide bonds. The van der Waals surface area contributed by atoms with E-state index in [-0.39, 0.29) is 24.7 Å². The molecule has 3 heterocycles. The van der Waals surface area contributed by atoms with Crippen LogP contribution in [0.1, 0.15) is 78.9 Å². The van der Waals surface area contributed by atoms with E-state index in [1.54, 1.807) is 4.90 Å². The van der Waals surface area contributed by atoms with Gasteiger partial charge in [-0.25, -0.2) is 9.97 Å². The summed E-state index contributed by atoms with van der Waals surface area (Å²) >= 11 is 1.47. The van der Waals surface area contributed by atoms with Crippen LogP contribution in [0.2, 0.25) is 0 Å². The lowest BCUT2D eigenvalue weighted by Crippen LogP contribution is -2.37. The van der Waals surface area contributed by atoms with E-state index >= 15 is 0 Å². The number of likely N-dealkylation sites (tertiary alicyclic amines) is 1. The Morgan fingerprint density at radius 3 is 2.25 bits per heavy atom. The minimum Gasteiger partial charge on any atom is -0.494 e. The molecule has 1 saturated heterocycles. The average molecular weight is 668 g/mol. The summed E-state index contributed by atoms with van der Waals surface area (Å²) in [5, 5.41) is 9.46. The van der Waals surface area contributed by atoms with Crippen LogP contribution in [0.15, 0.2) is 73.1 Å². The molecule has 0 unspecified atom stereocenters. The molecule has 0 saturated carbocycles. The number of hydrogen-bond acceptors (Lipinski definition) is 7. The predicted octanol–water partition coefficient (Wildman–Crippen LogP) is 8.15. The lowest BCUT2D eigenvalue weighted by molar-refractivity contribution is -0.141. The average Bonchev–Trinajstić information content (AvgIpc) is 3.81. The predicted molar refractivity (Wildman–Crippen MR) is 189 cm³/mol. The lowest BCUT2D eigenvalue weighted by atomic mass is 9.92. The molecule has 2 aromatic carbocycles. The lowest BCUT2D eigenvalue weighted by Gasteiger charge is -2.23. The molecule has 1 aliphatic heterocycles. The molecule has 9 heteroatoms. The van der Waals surface area contributed by atoms with Crippen LogP contribution in [0.3, 0.4) is 0 Å². The van der Waals surface area contributed by atoms with Gasteiger partial charge in [0, 0.05) is 53.8 Å². The molecule has 1 aliphatic rings. The molecule has 0 radical (unpaired) electrons. The number of rotatable bonds is 17. The fraction of sp³-hybridized carbons (Fsp3) is 0.410. The fourth-order valence-corrected chi connectivity index (χ4v) is 6.95. The van der Waals surface area contributed by atoms with Crippen LogP contribution in [0.5, 0.6) is 5.75 Å². The first-order valence-corrected chi connectivity index (χ1v) is 17.9. The first-order valence-electron chi connectivity index (χ1n) is 17.1. The maximum Gasteiger partial charge on any atom is 0.308 e. The highest BCUT2D eigenvalue weighted by Gasteiger charge is 2.35. The third-order valence-electron chi connectivity index (χ3n) is 8.97. The number of carboxylic acid groups (broad SMARTS) is 1. The van der Waals surface area contributed by atoms with Crippen LogP contribution in [-0.2, 0) is 22.4 Å². The highest BCUT2D eigenvalue weighted by molar-refractivity contribution is 7.14. The number of ether oxygens (including phenoxy) is 1. The Bertz CT molecular complexity index is 1650. The van der Waals surface area contributed by atoms with Crippen molar-refractivity contribution in [3.05, 3.63) is 88.4 Å². The number of benzene rings is 2. The standard InChI is InChI=1S/C39H45N3O5S/c1-3-5-6-7-8-21-47-33-15-13-28(14-16-33)32-24-40-37(41-25-32)29-11-9-27(10-12-29)22-31(23-35(43)36-18-17-34(4-2)48-36)38(44)42-20-19-30(26-42)39(45)46/h9-18,24-25,30-31H,3-8,19-23,26H2,1-2H3,(H,45,46)/t30-,31+/m0/s1. The Balaban J connectivity index is 1.22. The maximum atomic E-state index is 13.6. The highest BCUT2D eigenvalue weighted by Crippen LogP contribution is 2.28. The van der Waals surface area contributed by atoms with Crippen molar-refractivity contribution in [2.45, 2.75) is 71.6 Å². The van der Waals surface area contributed by atoms with E-state index in [0.29, 0.717) is 30.1 Å². The number of Topliss-reactive ketones (excluding diaryl/α,β-unsaturated/α-hetero) is 1. The second-order valence-electron chi connectivity index (χ2n) is 12.5. The van der Waals surface area contributed by atoms with Gasteiger partial charge < -0.3 is 14.7 Å². The molecule has 1 N–H and O–H groups in total. The van der Waals surface area contributed by atoms with E-state index in [0.717, 1.165) is 52.3 Å². The van der Waals surface area contributed by atoms with Gasteiger partial charge in [0.25, 0.3) is 0 Å². The summed E-state index contributed by atoms with van der Waals surface area (Å²) in [5.41, 5.74) is 3.69. The summed E-state index contributed by atoms with van der Waals surface area (Å²) in [4.78, 5) is 51.1. The number of amides is 1. The van der Waals surface area contributed by atoms with Gasteiger partial charge >= 0.3 is 5.97 Å². The number of carbonyl (C=O) groups is 3. The number of aliphatic carboxylic acids is 1. The maximum absolute atomic E-state index is 13.6. The number of unbranched alkanes of at least 4 members (excludes halogenated alkanes) is 4. The minimum absolute atomic E-state index is 0.0582. The molecule has 48 heavy (non-hydrogen) atoms. The monoisotopic (exact) mass is 667 g/mol. The summed E-state index contributed by atoms with van der Waals surface area (Å²) in [5.74, 6) is -0.799. The SMILES string of the molecule is CCCCCCCOc1ccc(-c2cnc(-c3ccc(C[C@H](CC(=O)c4ccc(CC)s4)C(=O)N4CC[C@H](C(=O)O)C4)cc3)nc2)cc1. The highest BCUT2D eigenvalue weighted by atomic mass is 32.1. The Labute approximate surface area is 287 Å². The van der Waals surface area contributed by atoms with Crippen LogP contribution in [0.4, 0.5) is 0 Å². The molecule has 4 aromatic rings. The van der Waals surface area contributed by atoms with E-state index in [4.69, 9.17) is 4.74 Å². The molecule has 0 bridgehead atoms. The number of thiophene rings is 1. The van der Waals surface area contributed by atoms with Crippen LogP contribution in [-0.4, -0.2) is 57.3 Å². The number of aromatic nitrogens is 2. The summed E-state index contributed by atoms with van der Waals surface area (Å²) in [6.45, 7) is 5.57. The normalized spacial score (nSPS) is 15.0. The van der Waals surface area contributed by atoms with Crippen molar-refractivity contribution < 1.29 is 24.2 Å². The van der Waals surface area contributed by atoms with Crippen molar-refractivity contribution in [3.63, 3.8) is 0 Å². The molecule has 8 nitrogen and oxygen atoms in total. The zero-order chi connectivity index (χ0) is 33.9. The molecule has 0 spiro atoms. The van der Waals surface area contributed by atoms with E-state index in [2.05, 4.69) is 16.9 Å². The Hall–Kier alpha value is -4.37. The first kappa shape index (κ1) is 35.0. The van der Waals surface area contributed by atoms with Crippen molar-refractivity contribution in [2.75, 3.05) is 19.7 Å². The second kappa shape index (κ2) is 17.2. The van der Waals surface area contributed by atoms with Crippen molar-refractivity contribution in [2.24, 2.45) is 11.8 Å². The molecular formula is C39H45N3O5S. The number of carbonyl (C=O) groups excluding carboxylic acids is 2. The Kier molecular flexibility index (Phi) is 12.5. The molecule has 1 fully saturated rings. The van der Waals surface area contributed by atoms with Crippen molar-refractivity contribution in [1.82, 2.24) is 14.9 Å². The first-order chi connectivity index (χ1) is 23.3. The summed E-state index contributed by atoms with van der Waals surface area (Å²) in [6, 6.07) is 19.6. The van der Waals surface area contributed by atoms with Gasteiger partial charge in [0.2, 0.25) is 5.91 Å². The quantitative estimate of drug-likeness (QED) is 0.0894. The topological polar surface area (TPSA) is 110 Å². The zero-order valence-electron chi connectivity index (χ0n) is 27.9. The molecule has 0 aliphatic carbocycles. The van der Waals surface area contributed by atoms with E-state index in [1.165, 1.54) is 37.0 Å². The Morgan fingerprint density at radius 1 is 0.896 bits per heavy atom. The number of aryl methyl sites for hydroxylation is 1. The van der Waals surface area contributed by atoms with E-state index in [9.17, 15) is 19.5 Å². The molecule has 5 rings (SSSR count).